The van der Waals surface area contributed by atoms with Crippen molar-refractivity contribution in [2.24, 2.45) is 0 Å². The van der Waals surface area contributed by atoms with Gasteiger partial charge in [0, 0.05) is 3.92 Å². The van der Waals surface area contributed by atoms with Crippen LogP contribution in [0.3, 0.4) is 0 Å². The Morgan fingerprint density at radius 2 is 1.73 bits per heavy atom. The molecule has 0 saturated carbocycles. The summed E-state index contributed by atoms with van der Waals surface area (Å²) in [5, 5.41) is 0. The van der Waals surface area contributed by atoms with Crippen LogP contribution in [0.25, 0.3) is 0 Å². The van der Waals surface area contributed by atoms with E-state index in [4.69, 9.17) is 0 Å². The van der Waals surface area contributed by atoms with Crippen molar-refractivity contribution in [3.8, 4) is 0 Å². The van der Waals surface area contributed by atoms with E-state index in [-0.39, 0.29) is 0 Å². The zero-order valence-corrected chi connectivity index (χ0v) is 11.6. The van der Waals surface area contributed by atoms with Gasteiger partial charge in [0.2, 0.25) is 0 Å². The fraction of sp³-hybridized carbons (Fsp3) is 1.00. The summed E-state index contributed by atoms with van der Waals surface area (Å²) in [5.41, 5.74) is 0. The molecule has 0 spiro atoms. The van der Waals surface area contributed by atoms with Crippen LogP contribution in [-0.2, 0) is 0 Å². The highest BCUT2D eigenvalue weighted by atomic mass is 127. The fourth-order valence-electron chi connectivity index (χ4n) is 1.02. The molecule has 2 heteroatoms. The summed E-state index contributed by atoms with van der Waals surface area (Å²) in [5.74, 6) is 0. The van der Waals surface area contributed by atoms with Crippen molar-refractivity contribution in [1.29, 1.82) is 0 Å². The van der Waals surface area contributed by atoms with Gasteiger partial charge in [-0.1, -0.05) is 71.4 Å². The summed E-state index contributed by atoms with van der Waals surface area (Å²) < 4.78 is 2.26. The molecule has 68 valence electrons. The molecule has 0 amide bonds. The van der Waals surface area contributed by atoms with E-state index < -0.39 is 0 Å². The number of alkyl halides is 2. The van der Waals surface area contributed by atoms with Crippen LogP contribution in [0.15, 0.2) is 0 Å². The van der Waals surface area contributed by atoms with Crippen molar-refractivity contribution in [2.45, 2.75) is 49.4 Å². The van der Waals surface area contributed by atoms with E-state index in [1.54, 1.807) is 0 Å². The SMILES string of the molecule is CCC(I)CCCCCCI. The summed E-state index contributed by atoms with van der Waals surface area (Å²) in [6.45, 7) is 2.28. The van der Waals surface area contributed by atoms with E-state index in [0.717, 1.165) is 3.92 Å². The van der Waals surface area contributed by atoms with Gasteiger partial charge < -0.3 is 0 Å². The first-order chi connectivity index (χ1) is 5.31. The van der Waals surface area contributed by atoms with Crippen LogP contribution in [0.5, 0.6) is 0 Å². The maximum Gasteiger partial charge on any atom is 0.0107 e. The maximum atomic E-state index is 2.57. The molecule has 0 radical (unpaired) electrons. The molecule has 0 saturated heterocycles. The Labute approximate surface area is 98.2 Å². The van der Waals surface area contributed by atoms with E-state index in [1.807, 2.05) is 0 Å². The Morgan fingerprint density at radius 1 is 1.09 bits per heavy atom. The molecule has 1 atom stereocenters. The molecule has 0 fully saturated rings. The Hall–Kier alpha value is 1.46. The van der Waals surface area contributed by atoms with Crippen LogP contribution in [0.2, 0.25) is 0 Å². The average Bonchev–Trinajstić information content (AvgIpc) is 2.04. The zero-order chi connectivity index (χ0) is 8.53. The van der Waals surface area contributed by atoms with Crippen LogP contribution >= 0.6 is 45.2 Å². The Balaban J connectivity index is 2.89. The van der Waals surface area contributed by atoms with E-state index in [0.29, 0.717) is 0 Å². The van der Waals surface area contributed by atoms with Gasteiger partial charge in [-0.2, -0.15) is 0 Å². The minimum absolute atomic E-state index is 0.923. The molecule has 1 unspecified atom stereocenters. The second-order valence-corrected chi connectivity index (χ2v) is 5.74. The monoisotopic (exact) mass is 380 g/mol. The lowest BCUT2D eigenvalue weighted by molar-refractivity contribution is 0.623. The van der Waals surface area contributed by atoms with E-state index in [2.05, 4.69) is 52.1 Å². The third kappa shape index (κ3) is 9.37. The van der Waals surface area contributed by atoms with Crippen LogP contribution < -0.4 is 0 Å². The van der Waals surface area contributed by atoms with Gasteiger partial charge in [0.05, 0.1) is 0 Å². The summed E-state index contributed by atoms with van der Waals surface area (Å²) in [7, 11) is 0. The lowest BCUT2D eigenvalue weighted by Gasteiger charge is -2.04. The van der Waals surface area contributed by atoms with Crippen molar-refractivity contribution in [2.75, 3.05) is 4.43 Å². The number of hydrogen-bond acceptors (Lipinski definition) is 0. The predicted molar refractivity (Wildman–Crippen MR) is 70.1 cm³/mol. The Bertz CT molecular complexity index is 74.0. The number of hydrogen-bond donors (Lipinski definition) is 0. The first-order valence-corrected chi connectivity index (χ1v) is 7.28. The first kappa shape index (κ1) is 12.5. The molecule has 11 heavy (non-hydrogen) atoms. The van der Waals surface area contributed by atoms with Crippen molar-refractivity contribution in [3.63, 3.8) is 0 Å². The topological polar surface area (TPSA) is 0 Å². The molecule has 0 aliphatic carbocycles. The van der Waals surface area contributed by atoms with E-state index in [1.165, 1.54) is 43.0 Å². The Morgan fingerprint density at radius 3 is 2.27 bits per heavy atom. The highest BCUT2D eigenvalue weighted by Gasteiger charge is 1.98. The van der Waals surface area contributed by atoms with Crippen molar-refractivity contribution in [3.05, 3.63) is 0 Å². The lowest BCUT2D eigenvalue weighted by atomic mass is 10.1. The minimum Gasteiger partial charge on any atom is -0.0864 e. The van der Waals surface area contributed by atoms with Crippen molar-refractivity contribution >= 4 is 45.2 Å². The first-order valence-electron chi connectivity index (χ1n) is 4.51. The summed E-state index contributed by atoms with van der Waals surface area (Å²) in [4.78, 5) is 0. The summed E-state index contributed by atoms with van der Waals surface area (Å²) in [6.07, 6.45) is 8.51. The van der Waals surface area contributed by atoms with Gasteiger partial charge in [0.15, 0.2) is 0 Å². The second kappa shape index (κ2) is 9.55. The number of rotatable bonds is 7. The van der Waals surface area contributed by atoms with Crippen LogP contribution in [0.1, 0.15) is 45.4 Å². The average molecular weight is 380 g/mol. The fourth-order valence-corrected chi connectivity index (χ4v) is 2.00. The van der Waals surface area contributed by atoms with Crippen molar-refractivity contribution in [1.82, 2.24) is 0 Å². The van der Waals surface area contributed by atoms with E-state index >= 15 is 0 Å². The molecule has 0 aromatic rings. The summed E-state index contributed by atoms with van der Waals surface area (Å²) >= 11 is 5.02. The molecule has 0 rings (SSSR count). The number of unbranched alkanes of at least 4 members (excludes halogenated alkanes) is 3. The molecule has 0 heterocycles. The van der Waals surface area contributed by atoms with Gasteiger partial charge in [0.1, 0.15) is 0 Å². The highest BCUT2D eigenvalue weighted by molar-refractivity contribution is 14.1. The molecule has 0 aromatic heterocycles. The highest BCUT2D eigenvalue weighted by Crippen LogP contribution is 2.15. The predicted octanol–water partition coefficient (Wildman–Crippen LogP) is 4.59. The third-order valence-electron chi connectivity index (χ3n) is 1.84. The van der Waals surface area contributed by atoms with Crippen LogP contribution in [0, 0.1) is 0 Å². The van der Waals surface area contributed by atoms with Gasteiger partial charge in [0.25, 0.3) is 0 Å². The second-order valence-electron chi connectivity index (χ2n) is 2.90. The molecule has 0 nitrogen and oxygen atoms in total. The normalized spacial score (nSPS) is 13.4. The molecular formula is C9H18I2. The van der Waals surface area contributed by atoms with E-state index in [9.17, 15) is 0 Å². The Kier molecular flexibility index (Phi) is 10.8. The van der Waals surface area contributed by atoms with Gasteiger partial charge in [-0.25, -0.2) is 0 Å². The smallest absolute Gasteiger partial charge is 0.0107 e. The van der Waals surface area contributed by atoms with Crippen LogP contribution in [-0.4, -0.2) is 8.35 Å². The van der Waals surface area contributed by atoms with Gasteiger partial charge in [-0.15, -0.1) is 0 Å². The third-order valence-corrected chi connectivity index (χ3v) is 4.11. The van der Waals surface area contributed by atoms with Crippen LogP contribution in [0.4, 0.5) is 0 Å². The lowest BCUT2D eigenvalue weighted by Crippen LogP contribution is -1.94. The standard InChI is InChI=1S/C9H18I2/c1-2-9(11)7-5-3-4-6-8-10/h9H,2-8H2,1H3. The molecule has 0 aromatic carbocycles. The molecule has 0 aliphatic heterocycles. The molecular weight excluding hydrogens is 362 g/mol. The van der Waals surface area contributed by atoms with Gasteiger partial charge in [-0.05, 0) is 23.7 Å². The molecule has 0 aliphatic rings. The largest absolute Gasteiger partial charge is 0.0864 e. The van der Waals surface area contributed by atoms with Gasteiger partial charge >= 0.3 is 0 Å². The number of halogens is 2. The maximum absolute atomic E-state index is 2.57. The molecule has 0 N–H and O–H groups in total. The zero-order valence-electron chi connectivity index (χ0n) is 7.28. The van der Waals surface area contributed by atoms with Gasteiger partial charge in [-0.3, -0.25) is 0 Å². The van der Waals surface area contributed by atoms with Crippen molar-refractivity contribution < 1.29 is 0 Å². The molecule has 0 bridgehead atoms. The minimum atomic E-state index is 0.923. The quantitative estimate of drug-likeness (QED) is 0.345. The summed E-state index contributed by atoms with van der Waals surface area (Å²) in [6, 6.07) is 0.